The third-order valence-electron chi connectivity index (χ3n) is 4.70. The molecule has 0 amide bonds. The number of nitriles is 1. The Hall–Kier alpha value is -3.38. The van der Waals surface area contributed by atoms with E-state index in [9.17, 15) is 0 Å². The molecule has 4 N–H and O–H groups in total. The number of hydrogen-bond acceptors (Lipinski definition) is 7. The lowest BCUT2D eigenvalue weighted by Crippen LogP contribution is -2.26. The molecule has 0 bridgehead atoms. The lowest BCUT2D eigenvalue weighted by molar-refractivity contribution is 0.444. The molecule has 0 aliphatic rings. The van der Waals surface area contributed by atoms with Crippen LogP contribution in [0.1, 0.15) is 30.8 Å². The highest BCUT2D eigenvalue weighted by atomic mass is 15.3. The van der Waals surface area contributed by atoms with Gasteiger partial charge in [-0.3, -0.25) is 9.36 Å². The van der Waals surface area contributed by atoms with Gasteiger partial charge in [-0.1, -0.05) is 0 Å². The van der Waals surface area contributed by atoms with E-state index in [1.807, 2.05) is 37.1 Å². The van der Waals surface area contributed by atoms with Gasteiger partial charge in [0.05, 0.1) is 17.9 Å². The van der Waals surface area contributed by atoms with Crippen LogP contribution in [0.3, 0.4) is 0 Å². The molecule has 3 rings (SSSR count). The number of rotatable bonds is 9. The number of nitrogens with zero attached hydrogens (tertiary/aromatic N) is 6. The minimum atomic E-state index is 0.182. The number of pyridine rings is 1. The summed E-state index contributed by atoms with van der Waals surface area (Å²) in [5, 5.41) is 24.3. The smallest absolute Gasteiger partial charge is 0.162 e. The Morgan fingerprint density at radius 2 is 2.07 bits per heavy atom. The van der Waals surface area contributed by atoms with E-state index in [0.29, 0.717) is 11.5 Å². The van der Waals surface area contributed by atoms with E-state index in [2.05, 4.69) is 38.8 Å². The van der Waals surface area contributed by atoms with Crippen LogP contribution in [0.15, 0.2) is 30.7 Å². The molecule has 1 unspecified atom stereocenters. The van der Waals surface area contributed by atoms with Crippen molar-refractivity contribution in [2.45, 2.75) is 26.3 Å². The molecule has 0 aliphatic carbocycles. The average molecular weight is 393 g/mol. The predicted molar refractivity (Wildman–Crippen MR) is 113 cm³/mol. The summed E-state index contributed by atoms with van der Waals surface area (Å²) in [5.41, 5.74) is 10.3. The highest BCUT2D eigenvalue weighted by molar-refractivity contribution is 5.72. The van der Waals surface area contributed by atoms with Crippen molar-refractivity contribution < 1.29 is 0 Å². The number of nitrogens with two attached hydrogens (primary N) is 1. The molecular formula is C20H27N9. The fraction of sp³-hybridized carbons (Fsp3) is 0.400. The maximum Gasteiger partial charge on any atom is 0.162 e. The van der Waals surface area contributed by atoms with Crippen LogP contribution in [-0.2, 0) is 7.05 Å². The summed E-state index contributed by atoms with van der Waals surface area (Å²) in [6.45, 7) is 6.48. The van der Waals surface area contributed by atoms with Gasteiger partial charge in [0.1, 0.15) is 11.9 Å². The fourth-order valence-corrected chi connectivity index (χ4v) is 3.17. The Bertz CT molecular complexity index is 996. The van der Waals surface area contributed by atoms with E-state index in [-0.39, 0.29) is 6.04 Å². The molecular weight excluding hydrogens is 366 g/mol. The summed E-state index contributed by atoms with van der Waals surface area (Å²) in [5.74, 6) is 0.488. The van der Waals surface area contributed by atoms with Gasteiger partial charge < -0.3 is 16.4 Å². The third-order valence-corrected chi connectivity index (χ3v) is 4.70. The first-order valence-corrected chi connectivity index (χ1v) is 9.63. The van der Waals surface area contributed by atoms with Crippen LogP contribution in [0.25, 0.3) is 11.1 Å². The number of nitrogens with one attached hydrogen (secondary N) is 2. The van der Waals surface area contributed by atoms with Gasteiger partial charge in [0.15, 0.2) is 5.69 Å². The second kappa shape index (κ2) is 9.21. The summed E-state index contributed by atoms with van der Waals surface area (Å²) < 4.78 is 3.65. The second-order valence-electron chi connectivity index (χ2n) is 7.12. The summed E-state index contributed by atoms with van der Waals surface area (Å²) in [4.78, 5) is 4.28. The molecule has 3 heterocycles. The van der Waals surface area contributed by atoms with E-state index in [1.54, 1.807) is 16.9 Å². The van der Waals surface area contributed by atoms with Crippen LogP contribution in [0, 0.1) is 18.3 Å². The van der Waals surface area contributed by atoms with Crippen LogP contribution in [0.4, 0.5) is 11.5 Å². The zero-order valence-corrected chi connectivity index (χ0v) is 17.1. The summed E-state index contributed by atoms with van der Waals surface area (Å²) in [6, 6.07) is 6.07. The van der Waals surface area contributed by atoms with Crippen molar-refractivity contribution in [1.29, 1.82) is 5.26 Å². The molecule has 0 aromatic carbocycles. The van der Waals surface area contributed by atoms with E-state index in [1.165, 1.54) is 0 Å². The van der Waals surface area contributed by atoms with Crippen molar-refractivity contribution in [2.75, 3.05) is 30.7 Å². The summed E-state index contributed by atoms with van der Waals surface area (Å²) in [7, 11) is 1.89. The maximum atomic E-state index is 8.96. The van der Waals surface area contributed by atoms with Gasteiger partial charge >= 0.3 is 0 Å². The largest absolute Gasteiger partial charge is 0.382 e. The molecule has 0 radical (unpaired) electrons. The topological polar surface area (TPSA) is 122 Å². The third kappa shape index (κ3) is 5.12. The number of nitrogen functional groups attached to an aromatic ring is 1. The van der Waals surface area contributed by atoms with Crippen molar-refractivity contribution in [3.05, 3.63) is 42.1 Å². The Morgan fingerprint density at radius 3 is 2.76 bits per heavy atom. The number of aryl methyl sites for hydroxylation is 2. The molecule has 3 aromatic heterocycles. The minimum absolute atomic E-state index is 0.182. The van der Waals surface area contributed by atoms with Gasteiger partial charge in [-0.15, -0.1) is 0 Å². The van der Waals surface area contributed by atoms with Gasteiger partial charge in [0.2, 0.25) is 0 Å². The van der Waals surface area contributed by atoms with E-state index >= 15 is 0 Å². The van der Waals surface area contributed by atoms with Crippen molar-refractivity contribution >= 4 is 11.5 Å². The lowest BCUT2D eigenvalue weighted by Gasteiger charge is -2.15. The van der Waals surface area contributed by atoms with Gasteiger partial charge in [-0.25, -0.2) is 4.98 Å². The maximum absolute atomic E-state index is 8.96. The van der Waals surface area contributed by atoms with Gasteiger partial charge in [-0.2, -0.15) is 15.5 Å². The summed E-state index contributed by atoms with van der Waals surface area (Å²) in [6.07, 6.45) is 6.45. The van der Waals surface area contributed by atoms with E-state index in [0.717, 1.165) is 48.6 Å². The van der Waals surface area contributed by atoms with E-state index in [4.69, 9.17) is 11.0 Å². The van der Waals surface area contributed by atoms with Crippen LogP contribution in [0.5, 0.6) is 0 Å². The monoisotopic (exact) mass is 393 g/mol. The Kier molecular flexibility index (Phi) is 6.46. The van der Waals surface area contributed by atoms with Crippen molar-refractivity contribution in [3.63, 3.8) is 0 Å². The number of aromatic nitrogens is 5. The molecule has 0 aliphatic heterocycles. The van der Waals surface area contributed by atoms with Crippen LogP contribution < -0.4 is 16.4 Å². The molecule has 1 atom stereocenters. The molecule has 0 saturated heterocycles. The first-order valence-electron chi connectivity index (χ1n) is 9.63. The minimum Gasteiger partial charge on any atom is -0.382 e. The molecule has 0 fully saturated rings. The predicted octanol–water partition coefficient (Wildman–Crippen LogP) is 2.09. The molecule has 9 nitrogen and oxygen atoms in total. The number of hydrogen-bond donors (Lipinski definition) is 3. The Labute approximate surface area is 170 Å². The molecule has 152 valence electrons. The zero-order chi connectivity index (χ0) is 20.8. The molecule has 3 aromatic rings. The Morgan fingerprint density at radius 1 is 1.24 bits per heavy atom. The first kappa shape index (κ1) is 20.4. The van der Waals surface area contributed by atoms with Crippen molar-refractivity contribution in [2.24, 2.45) is 7.05 Å². The SMILES string of the molecule is Cc1cc(C#N)nn1C(C)CNCCCNc1cc(-c2cnn(C)c2)cnc1N. The zero-order valence-electron chi connectivity index (χ0n) is 17.1. The van der Waals surface area contributed by atoms with Crippen LogP contribution >= 0.6 is 0 Å². The number of anilines is 2. The first-order chi connectivity index (χ1) is 14.0. The van der Waals surface area contributed by atoms with E-state index < -0.39 is 0 Å². The van der Waals surface area contributed by atoms with Crippen LogP contribution in [0.2, 0.25) is 0 Å². The van der Waals surface area contributed by atoms with Gasteiger partial charge in [-0.05, 0) is 38.9 Å². The van der Waals surface area contributed by atoms with Crippen molar-refractivity contribution in [1.82, 2.24) is 29.9 Å². The van der Waals surface area contributed by atoms with Crippen molar-refractivity contribution in [3.8, 4) is 17.2 Å². The molecule has 0 spiro atoms. The van der Waals surface area contributed by atoms with Crippen LogP contribution in [-0.4, -0.2) is 44.2 Å². The second-order valence-corrected chi connectivity index (χ2v) is 7.12. The normalized spacial score (nSPS) is 11.9. The van der Waals surface area contributed by atoms with Gasteiger partial charge in [0, 0.05) is 49.4 Å². The summed E-state index contributed by atoms with van der Waals surface area (Å²) >= 11 is 0. The molecule has 9 heteroatoms. The highest BCUT2D eigenvalue weighted by Crippen LogP contribution is 2.24. The lowest BCUT2D eigenvalue weighted by atomic mass is 10.1. The molecule has 29 heavy (non-hydrogen) atoms. The quantitative estimate of drug-likeness (QED) is 0.476. The standard InChI is InChI=1S/C20H27N9/c1-14-7-18(9-21)27-29(14)15(2)10-23-5-4-6-24-19-8-16(11-25-20(19)22)17-12-26-28(3)13-17/h7-8,11-13,15,23-24H,4-6,10H2,1-3H3,(H2,22,25). The van der Waals surface area contributed by atoms with Gasteiger partial charge in [0.25, 0.3) is 0 Å². The highest BCUT2D eigenvalue weighted by Gasteiger charge is 2.10. The average Bonchev–Trinajstić information content (AvgIpc) is 3.31. The Balaban J connectivity index is 1.44. The molecule has 0 saturated carbocycles. The fourth-order valence-electron chi connectivity index (χ4n) is 3.17.